The van der Waals surface area contributed by atoms with Crippen LogP contribution in [0.1, 0.15) is 23.0 Å². The van der Waals surface area contributed by atoms with Crippen LogP contribution in [0.4, 0.5) is 5.69 Å². The summed E-state index contributed by atoms with van der Waals surface area (Å²) in [6, 6.07) is 26.6. The van der Waals surface area contributed by atoms with E-state index in [1.165, 1.54) is 5.69 Å². The molecule has 5 rings (SSSR count). The van der Waals surface area contributed by atoms with E-state index in [0.29, 0.717) is 6.54 Å². The van der Waals surface area contributed by atoms with Crippen LogP contribution in [0, 0.1) is 0 Å². The maximum absolute atomic E-state index is 5.76. The van der Waals surface area contributed by atoms with Gasteiger partial charge in [-0.3, -0.25) is 4.90 Å². The lowest BCUT2D eigenvalue weighted by Crippen LogP contribution is -2.48. The Morgan fingerprint density at radius 3 is 2.23 bits per heavy atom. The number of hydrogen-bond acceptors (Lipinski definition) is 7. The number of methoxy groups -OCH3 is 2. The van der Waals surface area contributed by atoms with Gasteiger partial charge in [-0.15, -0.1) is 5.10 Å². The summed E-state index contributed by atoms with van der Waals surface area (Å²) < 4.78 is 13.0. The fraction of sp³-hybridized carbons (Fsp3) is 0.296. The molecule has 1 saturated heterocycles. The average molecular weight is 471 g/mol. The maximum Gasteiger partial charge on any atom is 0.173 e. The molecule has 0 amide bonds. The molecule has 0 saturated carbocycles. The third-order valence-electron chi connectivity index (χ3n) is 6.53. The molecule has 0 radical (unpaired) electrons. The highest BCUT2D eigenvalue weighted by molar-refractivity contribution is 5.49. The van der Waals surface area contributed by atoms with Gasteiger partial charge in [0.2, 0.25) is 0 Å². The first-order chi connectivity index (χ1) is 17.3. The van der Waals surface area contributed by atoms with Gasteiger partial charge in [-0.05, 0) is 46.3 Å². The number of para-hydroxylation sites is 1. The van der Waals surface area contributed by atoms with E-state index in [1.807, 2.05) is 53.2 Å². The molecule has 8 heteroatoms. The molecule has 35 heavy (non-hydrogen) atoms. The molecule has 1 aromatic heterocycles. The molecule has 0 aliphatic carbocycles. The van der Waals surface area contributed by atoms with E-state index >= 15 is 0 Å². The molecule has 1 atom stereocenters. The lowest BCUT2D eigenvalue weighted by Gasteiger charge is -2.40. The lowest BCUT2D eigenvalue weighted by atomic mass is 10.0. The number of tetrazole rings is 1. The van der Waals surface area contributed by atoms with Crippen LogP contribution in [-0.4, -0.2) is 65.5 Å². The summed E-state index contributed by atoms with van der Waals surface area (Å²) in [7, 11) is 3.40. The quantitative estimate of drug-likeness (QED) is 0.389. The van der Waals surface area contributed by atoms with Crippen molar-refractivity contribution in [2.45, 2.75) is 12.6 Å². The summed E-state index contributed by atoms with van der Waals surface area (Å²) in [6.45, 7) is 4.15. The van der Waals surface area contributed by atoms with Crippen molar-refractivity contribution in [2.24, 2.45) is 0 Å². The molecule has 0 bridgehead atoms. The highest BCUT2D eigenvalue weighted by Gasteiger charge is 2.32. The summed E-state index contributed by atoms with van der Waals surface area (Å²) in [5.74, 6) is 2.52. The Balaban J connectivity index is 1.43. The van der Waals surface area contributed by atoms with Crippen LogP contribution in [0.3, 0.4) is 0 Å². The second-order valence-electron chi connectivity index (χ2n) is 8.55. The van der Waals surface area contributed by atoms with Crippen molar-refractivity contribution < 1.29 is 9.47 Å². The Morgan fingerprint density at radius 1 is 0.800 bits per heavy atom. The predicted octanol–water partition coefficient (Wildman–Crippen LogP) is 3.65. The molecule has 2 heterocycles. The van der Waals surface area contributed by atoms with E-state index in [1.54, 1.807) is 14.2 Å². The van der Waals surface area contributed by atoms with Gasteiger partial charge in [0.15, 0.2) is 5.82 Å². The van der Waals surface area contributed by atoms with Crippen molar-refractivity contribution in [2.75, 3.05) is 45.3 Å². The van der Waals surface area contributed by atoms with Crippen molar-refractivity contribution in [3.05, 3.63) is 95.8 Å². The summed E-state index contributed by atoms with van der Waals surface area (Å²) in [4.78, 5) is 4.85. The highest BCUT2D eigenvalue weighted by atomic mass is 16.5. The van der Waals surface area contributed by atoms with Gasteiger partial charge < -0.3 is 14.4 Å². The number of anilines is 1. The minimum atomic E-state index is -0.122. The van der Waals surface area contributed by atoms with E-state index < -0.39 is 0 Å². The number of piperazine rings is 1. The molecule has 1 unspecified atom stereocenters. The molecule has 1 aliphatic rings. The zero-order valence-electron chi connectivity index (χ0n) is 20.1. The second-order valence-corrected chi connectivity index (χ2v) is 8.55. The van der Waals surface area contributed by atoms with Crippen molar-refractivity contribution in [3.63, 3.8) is 0 Å². The van der Waals surface area contributed by atoms with Crippen LogP contribution >= 0.6 is 0 Å². The van der Waals surface area contributed by atoms with E-state index in [-0.39, 0.29) is 6.04 Å². The van der Waals surface area contributed by atoms with Gasteiger partial charge in [0.1, 0.15) is 17.5 Å². The summed E-state index contributed by atoms with van der Waals surface area (Å²) >= 11 is 0. The fourth-order valence-corrected chi connectivity index (χ4v) is 4.70. The van der Waals surface area contributed by atoms with Crippen molar-refractivity contribution in [3.8, 4) is 11.5 Å². The largest absolute Gasteiger partial charge is 0.497 e. The van der Waals surface area contributed by atoms with E-state index in [0.717, 1.165) is 54.6 Å². The van der Waals surface area contributed by atoms with Crippen molar-refractivity contribution in [1.29, 1.82) is 0 Å². The van der Waals surface area contributed by atoms with Crippen LogP contribution in [0.5, 0.6) is 11.5 Å². The Labute approximate surface area is 205 Å². The van der Waals surface area contributed by atoms with Gasteiger partial charge in [0.25, 0.3) is 0 Å². The Hall–Kier alpha value is -3.91. The predicted molar refractivity (Wildman–Crippen MR) is 135 cm³/mol. The molecule has 0 N–H and O–H groups in total. The van der Waals surface area contributed by atoms with Crippen LogP contribution in [0.15, 0.2) is 78.9 Å². The number of ether oxygens (including phenoxy) is 2. The molecule has 180 valence electrons. The van der Waals surface area contributed by atoms with E-state index in [9.17, 15) is 0 Å². The number of benzene rings is 3. The monoisotopic (exact) mass is 470 g/mol. The minimum absolute atomic E-state index is 0.122. The SMILES string of the molecule is COc1ccc(N2CCN(C(c3ccccc3OC)c3nnnn3Cc3ccccc3)CC2)cc1. The molecule has 1 fully saturated rings. The topological polar surface area (TPSA) is 68.5 Å². The smallest absolute Gasteiger partial charge is 0.173 e. The van der Waals surface area contributed by atoms with Crippen LogP contribution < -0.4 is 14.4 Å². The van der Waals surface area contributed by atoms with Crippen LogP contribution in [0.25, 0.3) is 0 Å². The van der Waals surface area contributed by atoms with Gasteiger partial charge in [0, 0.05) is 37.4 Å². The van der Waals surface area contributed by atoms with E-state index in [2.05, 4.69) is 55.7 Å². The number of nitrogens with zero attached hydrogens (tertiary/aromatic N) is 6. The van der Waals surface area contributed by atoms with Gasteiger partial charge in [0.05, 0.1) is 20.8 Å². The summed E-state index contributed by atoms with van der Waals surface area (Å²) in [6.07, 6.45) is 0. The zero-order chi connectivity index (χ0) is 24.0. The first kappa shape index (κ1) is 22.9. The summed E-state index contributed by atoms with van der Waals surface area (Å²) in [5.41, 5.74) is 3.43. The van der Waals surface area contributed by atoms with Crippen molar-refractivity contribution in [1.82, 2.24) is 25.1 Å². The molecule has 3 aromatic carbocycles. The van der Waals surface area contributed by atoms with Crippen molar-refractivity contribution >= 4 is 5.69 Å². The van der Waals surface area contributed by atoms with Crippen LogP contribution in [-0.2, 0) is 6.54 Å². The standard InChI is InChI=1S/C27H30N6O2/c1-34-23-14-12-22(13-15-23)31-16-18-32(19-17-31)26(24-10-6-7-11-25(24)35-2)27-28-29-30-33(27)20-21-8-4-3-5-9-21/h3-15,26H,16-20H2,1-2H3. The average Bonchev–Trinajstić information content (AvgIpc) is 3.37. The van der Waals surface area contributed by atoms with E-state index in [4.69, 9.17) is 9.47 Å². The number of rotatable bonds is 8. The third kappa shape index (κ3) is 4.97. The third-order valence-corrected chi connectivity index (χ3v) is 6.53. The molecular weight excluding hydrogens is 440 g/mol. The Kier molecular flexibility index (Phi) is 6.90. The molecular formula is C27H30N6O2. The fourth-order valence-electron chi connectivity index (χ4n) is 4.70. The van der Waals surface area contributed by atoms with Crippen LogP contribution in [0.2, 0.25) is 0 Å². The summed E-state index contributed by atoms with van der Waals surface area (Å²) in [5, 5.41) is 12.9. The first-order valence-electron chi connectivity index (χ1n) is 11.8. The normalized spacial score (nSPS) is 15.1. The second kappa shape index (κ2) is 10.6. The number of aromatic nitrogens is 4. The molecule has 4 aromatic rings. The lowest BCUT2D eigenvalue weighted by molar-refractivity contribution is 0.198. The molecule has 8 nitrogen and oxygen atoms in total. The van der Waals surface area contributed by atoms with Gasteiger partial charge >= 0.3 is 0 Å². The highest BCUT2D eigenvalue weighted by Crippen LogP contribution is 2.35. The molecule has 0 spiro atoms. The van der Waals surface area contributed by atoms with Gasteiger partial charge in [-0.2, -0.15) is 0 Å². The van der Waals surface area contributed by atoms with Gasteiger partial charge in [-0.25, -0.2) is 4.68 Å². The Morgan fingerprint density at radius 2 is 1.51 bits per heavy atom. The zero-order valence-corrected chi connectivity index (χ0v) is 20.1. The minimum Gasteiger partial charge on any atom is -0.497 e. The Bertz CT molecular complexity index is 1220. The maximum atomic E-state index is 5.76. The molecule has 1 aliphatic heterocycles. The first-order valence-corrected chi connectivity index (χ1v) is 11.8. The number of hydrogen-bond donors (Lipinski definition) is 0. The van der Waals surface area contributed by atoms with Gasteiger partial charge in [-0.1, -0.05) is 48.5 Å².